The molecule has 10 heteroatoms. The van der Waals surface area contributed by atoms with Crippen LogP contribution in [0.3, 0.4) is 0 Å². The highest BCUT2D eigenvalue weighted by atomic mass is 35.5. The highest BCUT2D eigenvalue weighted by molar-refractivity contribution is 7.18. The molecule has 31 heavy (non-hydrogen) atoms. The number of aromatic hydroxyl groups is 1. The fourth-order valence-electron chi connectivity index (χ4n) is 3.23. The molecule has 0 saturated heterocycles. The van der Waals surface area contributed by atoms with Crippen molar-refractivity contribution < 1.29 is 14.7 Å². The van der Waals surface area contributed by atoms with E-state index in [1.54, 1.807) is 42.5 Å². The van der Waals surface area contributed by atoms with Crippen LogP contribution < -0.4 is 10.6 Å². The summed E-state index contributed by atoms with van der Waals surface area (Å²) in [5, 5.41) is 20.0. The zero-order chi connectivity index (χ0) is 20.8. The average molecular weight is 471 g/mol. The van der Waals surface area contributed by atoms with Crippen molar-refractivity contribution in [1.82, 2.24) is 15.3 Å². The maximum absolute atomic E-state index is 12.3. The molecule has 0 saturated carbocycles. The van der Waals surface area contributed by atoms with Crippen LogP contribution in [0, 0.1) is 0 Å². The highest BCUT2D eigenvalue weighted by Crippen LogP contribution is 2.40. The minimum atomic E-state index is -0.490. The zero-order valence-corrected chi connectivity index (χ0v) is 18.5. The fourth-order valence-corrected chi connectivity index (χ4v) is 4.99. The Hall–Kier alpha value is -3.27. The lowest BCUT2D eigenvalue weighted by Gasteiger charge is -2.11. The molecule has 1 aromatic carbocycles. The standard InChI is InChI=1S/C21H14N4O3S2.ClH/c1-10-16(20(28)25-19(10)27)22-18-15-13(14-6-3-7-29-14)9-30-21(15)24-17(23-18)11-4-2-5-12(26)8-11;/h2-9,26H,1H3,(H2,22,23,24,25,27,28);1H. The van der Waals surface area contributed by atoms with Gasteiger partial charge in [0.25, 0.3) is 11.8 Å². The van der Waals surface area contributed by atoms with Crippen LogP contribution >= 0.6 is 35.1 Å². The third-order valence-electron chi connectivity index (χ3n) is 4.74. The molecule has 156 valence electrons. The van der Waals surface area contributed by atoms with Crippen LogP contribution in [0.25, 0.3) is 32.0 Å². The number of hydrogen-bond acceptors (Lipinski definition) is 8. The van der Waals surface area contributed by atoms with Gasteiger partial charge in [-0.05, 0) is 30.5 Å². The highest BCUT2D eigenvalue weighted by Gasteiger charge is 2.29. The quantitative estimate of drug-likeness (QED) is 0.378. The van der Waals surface area contributed by atoms with Crippen molar-refractivity contribution in [1.29, 1.82) is 0 Å². The van der Waals surface area contributed by atoms with Crippen molar-refractivity contribution in [2.24, 2.45) is 0 Å². The number of phenolic OH excluding ortho intramolecular Hbond substituents is 1. The van der Waals surface area contributed by atoms with Gasteiger partial charge >= 0.3 is 0 Å². The number of fused-ring (bicyclic) bond motifs is 1. The molecule has 5 rings (SSSR count). The summed E-state index contributed by atoms with van der Waals surface area (Å²) in [5.74, 6) is 0.0296. The monoisotopic (exact) mass is 470 g/mol. The first-order valence-corrected chi connectivity index (χ1v) is 10.7. The number of hydrogen-bond donors (Lipinski definition) is 3. The van der Waals surface area contributed by atoms with Crippen molar-refractivity contribution in [2.75, 3.05) is 5.32 Å². The maximum Gasteiger partial charge on any atom is 0.275 e. The van der Waals surface area contributed by atoms with Gasteiger partial charge in [-0.15, -0.1) is 35.1 Å². The van der Waals surface area contributed by atoms with Gasteiger partial charge in [0, 0.05) is 27.0 Å². The Morgan fingerprint density at radius 3 is 2.58 bits per heavy atom. The molecule has 3 aromatic heterocycles. The number of thiophene rings is 2. The average Bonchev–Trinajstić information content (AvgIpc) is 3.44. The van der Waals surface area contributed by atoms with Crippen LogP contribution in [0.5, 0.6) is 5.75 Å². The number of carbonyl (C=O) groups excluding carboxylic acids is 2. The predicted octanol–water partition coefficient (Wildman–Crippen LogP) is 4.56. The number of nitrogens with one attached hydrogen (secondary N) is 2. The van der Waals surface area contributed by atoms with E-state index in [0.717, 1.165) is 20.7 Å². The van der Waals surface area contributed by atoms with E-state index < -0.39 is 11.8 Å². The van der Waals surface area contributed by atoms with E-state index in [2.05, 4.69) is 20.6 Å². The third kappa shape index (κ3) is 3.67. The molecule has 2 amide bonds. The van der Waals surface area contributed by atoms with Crippen LogP contribution in [-0.2, 0) is 9.59 Å². The van der Waals surface area contributed by atoms with Gasteiger partial charge in [-0.2, -0.15) is 0 Å². The Bertz CT molecular complexity index is 1360. The van der Waals surface area contributed by atoms with E-state index in [0.29, 0.717) is 22.8 Å². The van der Waals surface area contributed by atoms with Gasteiger partial charge in [0.1, 0.15) is 22.1 Å². The first kappa shape index (κ1) is 21.0. The summed E-state index contributed by atoms with van der Waals surface area (Å²) in [6, 6.07) is 10.6. The van der Waals surface area contributed by atoms with Crippen LogP contribution in [0.1, 0.15) is 6.92 Å². The molecule has 0 bridgehead atoms. The molecule has 0 unspecified atom stereocenters. The molecule has 1 aliphatic heterocycles. The van der Waals surface area contributed by atoms with Crippen molar-refractivity contribution in [3.8, 4) is 27.6 Å². The lowest BCUT2D eigenvalue weighted by Crippen LogP contribution is -2.24. The minimum absolute atomic E-state index is 0. The maximum atomic E-state index is 12.3. The van der Waals surface area contributed by atoms with Gasteiger partial charge in [-0.3, -0.25) is 14.9 Å². The van der Waals surface area contributed by atoms with Gasteiger partial charge in [0.15, 0.2) is 5.82 Å². The SMILES string of the molecule is CC1=C(Nc2nc(-c3cccc(O)c3)nc3scc(-c4cccs4)c23)C(=O)NC1=O.Cl. The number of halogens is 1. The van der Waals surface area contributed by atoms with Crippen molar-refractivity contribution in [3.63, 3.8) is 0 Å². The second-order valence-corrected chi connectivity index (χ2v) is 8.47. The molecule has 3 N–H and O–H groups in total. The van der Waals surface area contributed by atoms with Crippen LogP contribution in [0.15, 0.2) is 58.4 Å². The summed E-state index contributed by atoms with van der Waals surface area (Å²) < 4.78 is 0. The van der Waals surface area contributed by atoms with Crippen LogP contribution in [0.2, 0.25) is 0 Å². The molecule has 4 aromatic rings. The molecule has 0 fully saturated rings. The Morgan fingerprint density at radius 1 is 1.06 bits per heavy atom. The van der Waals surface area contributed by atoms with E-state index in [1.165, 1.54) is 11.3 Å². The summed E-state index contributed by atoms with van der Waals surface area (Å²) in [4.78, 5) is 35.3. The van der Waals surface area contributed by atoms with E-state index in [1.807, 2.05) is 22.9 Å². The first-order chi connectivity index (χ1) is 14.5. The summed E-state index contributed by atoms with van der Waals surface area (Å²) in [6.07, 6.45) is 0. The first-order valence-electron chi connectivity index (χ1n) is 8.97. The number of amides is 2. The van der Waals surface area contributed by atoms with E-state index in [-0.39, 0.29) is 23.9 Å². The molecular weight excluding hydrogens is 456 g/mol. The summed E-state index contributed by atoms with van der Waals surface area (Å²) >= 11 is 3.06. The van der Waals surface area contributed by atoms with Gasteiger partial charge in [0.05, 0.1) is 5.39 Å². The van der Waals surface area contributed by atoms with E-state index in [4.69, 9.17) is 0 Å². The smallest absolute Gasteiger partial charge is 0.275 e. The second-order valence-electron chi connectivity index (χ2n) is 6.66. The van der Waals surface area contributed by atoms with Crippen molar-refractivity contribution in [3.05, 3.63) is 58.4 Å². The number of anilines is 1. The Kier molecular flexibility index (Phi) is 5.48. The van der Waals surface area contributed by atoms with Crippen LogP contribution in [-0.4, -0.2) is 26.9 Å². The molecule has 1 aliphatic rings. The van der Waals surface area contributed by atoms with Crippen molar-refractivity contribution in [2.45, 2.75) is 6.92 Å². The van der Waals surface area contributed by atoms with Gasteiger partial charge in [-0.1, -0.05) is 18.2 Å². The minimum Gasteiger partial charge on any atom is -0.508 e. The summed E-state index contributed by atoms with van der Waals surface area (Å²) in [5.41, 5.74) is 2.07. The molecule has 0 atom stereocenters. The Balaban J connectivity index is 0.00000231. The Labute approximate surface area is 190 Å². The molecule has 4 heterocycles. The molecule has 0 radical (unpaired) electrons. The fraction of sp³-hybridized carbons (Fsp3) is 0.0476. The van der Waals surface area contributed by atoms with E-state index >= 15 is 0 Å². The zero-order valence-electron chi connectivity index (χ0n) is 16.0. The lowest BCUT2D eigenvalue weighted by atomic mass is 10.1. The topological polar surface area (TPSA) is 104 Å². The summed E-state index contributed by atoms with van der Waals surface area (Å²) in [6.45, 7) is 1.59. The second kappa shape index (κ2) is 8.10. The van der Waals surface area contributed by atoms with Gasteiger partial charge < -0.3 is 10.4 Å². The lowest BCUT2D eigenvalue weighted by molar-refractivity contribution is -0.124. The number of aromatic nitrogens is 2. The van der Waals surface area contributed by atoms with Gasteiger partial charge in [0.2, 0.25) is 0 Å². The number of imide groups is 1. The molecule has 0 spiro atoms. The number of carbonyl (C=O) groups is 2. The molecular formula is C21H15ClN4O3S2. The van der Waals surface area contributed by atoms with Crippen molar-refractivity contribution >= 4 is 62.9 Å². The third-order valence-corrected chi connectivity index (χ3v) is 6.51. The largest absolute Gasteiger partial charge is 0.508 e. The normalized spacial score (nSPS) is 13.5. The number of nitrogens with zero attached hydrogens (tertiary/aromatic N) is 2. The number of benzene rings is 1. The summed E-state index contributed by atoms with van der Waals surface area (Å²) in [7, 11) is 0. The van der Waals surface area contributed by atoms with E-state index in [9.17, 15) is 14.7 Å². The molecule has 0 aliphatic carbocycles. The predicted molar refractivity (Wildman–Crippen MR) is 125 cm³/mol. The van der Waals surface area contributed by atoms with Crippen LogP contribution in [0.4, 0.5) is 5.82 Å². The molecule has 7 nitrogen and oxygen atoms in total. The van der Waals surface area contributed by atoms with Gasteiger partial charge in [-0.25, -0.2) is 9.97 Å². The Morgan fingerprint density at radius 2 is 1.90 bits per heavy atom. The number of rotatable bonds is 4. The number of phenols is 1.